The Balaban J connectivity index is 1.98. The highest BCUT2D eigenvalue weighted by molar-refractivity contribution is 5.94. The molecule has 110 valence electrons. The highest BCUT2D eigenvalue weighted by Crippen LogP contribution is 2.17. The lowest BCUT2D eigenvalue weighted by molar-refractivity contribution is 0.0698. The molecule has 2 rings (SSSR count). The summed E-state index contributed by atoms with van der Waals surface area (Å²) in [5, 5.41) is 12.3. The summed E-state index contributed by atoms with van der Waals surface area (Å²) in [6, 6.07) is 14.7. The van der Waals surface area contributed by atoms with E-state index < -0.39 is 5.97 Å². The minimum atomic E-state index is -0.929. The molecule has 0 spiro atoms. The van der Waals surface area contributed by atoms with Crippen LogP contribution < -0.4 is 10.1 Å². The topological polar surface area (TPSA) is 58.6 Å². The molecule has 0 amide bonds. The molecule has 0 aliphatic carbocycles. The minimum absolute atomic E-state index is 0.278. The van der Waals surface area contributed by atoms with Gasteiger partial charge < -0.3 is 15.2 Å². The number of anilines is 1. The van der Waals surface area contributed by atoms with Gasteiger partial charge in [0.1, 0.15) is 5.75 Å². The second-order valence-corrected chi connectivity index (χ2v) is 4.70. The van der Waals surface area contributed by atoms with E-state index in [4.69, 9.17) is 9.84 Å². The van der Waals surface area contributed by atoms with Crippen LogP contribution in [0.25, 0.3) is 0 Å². The summed E-state index contributed by atoms with van der Waals surface area (Å²) in [5.74, 6) is -0.0760. The van der Waals surface area contributed by atoms with Crippen molar-refractivity contribution >= 4 is 11.7 Å². The summed E-state index contributed by atoms with van der Waals surface area (Å²) in [7, 11) is 0. The van der Waals surface area contributed by atoms with Gasteiger partial charge in [-0.15, -0.1) is 0 Å². The Kier molecular flexibility index (Phi) is 5.21. The zero-order valence-electron chi connectivity index (χ0n) is 12.0. The number of nitrogens with one attached hydrogen (secondary N) is 1. The summed E-state index contributed by atoms with van der Waals surface area (Å²) in [6.07, 6.45) is 0.981. The molecule has 0 atom stereocenters. The number of carboxylic acids is 1. The molecule has 2 aromatic rings. The summed E-state index contributed by atoms with van der Waals surface area (Å²) in [5.41, 5.74) is 1.97. The zero-order chi connectivity index (χ0) is 15.1. The van der Waals surface area contributed by atoms with E-state index in [-0.39, 0.29) is 5.56 Å². The van der Waals surface area contributed by atoms with Crippen molar-refractivity contribution in [2.45, 2.75) is 19.9 Å². The van der Waals surface area contributed by atoms with E-state index in [0.29, 0.717) is 18.8 Å². The van der Waals surface area contributed by atoms with Crippen LogP contribution in [0.1, 0.15) is 29.3 Å². The van der Waals surface area contributed by atoms with Crippen LogP contribution in [0.5, 0.6) is 5.75 Å². The Labute approximate surface area is 124 Å². The van der Waals surface area contributed by atoms with Gasteiger partial charge in [-0.3, -0.25) is 0 Å². The molecule has 0 saturated carbocycles. The third-order valence-electron chi connectivity index (χ3n) is 3.04. The van der Waals surface area contributed by atoms with Crippen molar-refractivity contribution in [1.29, 1.82) is 0 Å². The van der Waals surface area contributed by atoms with E-state index in [2.05, 4.69) is 12.2 Å². The molecular weight excluding hydrogens is 266 g/mol. The lowest BCUT2D eigenvalue weighted by Gasteiger charge is -2.10. The summed E-state index contributed by atoms with van der Waals surface area (Å²) in [4.78, 5) is 11.1. The fourth-order valence-corrected chi connectivity index (χ4v) is 1.94. The van der Waals surface area contributed by atoms with E-state index in [1.165, 1.54) is 0 Å². The van der Waals surface area contributed by atoms with Crippen LogP contribution in [0.2, 0.25) is 0 Å². The smallest absolute Gasteiger partial charge is 0.337 e. The van der Waals surface area contributed by atoms with E-state index in [1.54, 1.807) is 18.2 Å². The van der Waals surface area contributed by atoms with Gasteiger partial charge in [-0.1, -0.05) is 31.2 Å². The van der Waals surface area contributed by atoms with Crippen LogP contribution in [-0.4, -0.2) is 17.7 Å². The quantitative estimate of drug-likeness (QED) is 0.812. The van der Waals surface area contributed by atoms with Crippen LogP contribution >= 0.6 is 0 Å². The minimum Gasteiger partial charge on any atom is -0.494 e. The Morgan fingerprint density at radius 2 is 1.86 bits per heavy atom. The van der Waals surface area contributed by atoms with Gasteiger partial charge in [0, 0.05) is 12.2 Å². The maximum absolute atomic E-state index is 11.1. The summed E-state index contributed by atoms with van der Waals surface area (Å²) >= 11 is 0. The van der Waals surface area contributed by atoms with Gasteiger partial charge in [0.15, 0.2) is 0 Å². The van der Waals surface area contributed by atoms with Crippen LogP contribution in [0.15, 0.2) is 48.5 Å². The molecule has 21 heavy (non-hydrogen) atoms. The predicted molar refractivity (Wildman–Crippen MR) is 83.0 cm³/mol. The maximum atomic E-state index is 11.1. The van der Waals surface area contributed by atoms with Gasteiger partial charge in [-0.2, -0.15) is 0 Å². The average molecular weight is 285 g/mol. The van der Waals surface area contributed by atoms with Crippen molar-refractivity contribution in [3.8, 4) is 5.75 Å². The number of rotatable bonds is 7. The van der Waals surface area contributed by atoms with Crippen LogP contribution in [0, 0.1) is 0 Å². The first-order chi connectivity index (χ1) is 10.2. The lowest BCUT2D eigenvalue weighted by Crippen LogP contribution is -2.06. The molecule has 0 aliphatic heterocycles. The van der Waals surface area contributed by atoms with E-state index in [1.807, 2.05) is 30.3 Å². The molecule has 2 N–H and O–H groups in total. The molecule has 0 unspecified atom stereocenters. The molecule has 4 nitrogen and oxygen atoms in total. The number of hydrogen-bond donors (Lipinski definition) is 2. The SMILES string of the molecule is CCCOc1ccc(CNc2ccccc2C(=O)O)cc1. The monoisotopic (exact) mass is 285 g/mol. The highest BCUT2D eigenvalue weighted by atomic mass is 16.5. The second-order valence-electron chi connectivity index (χ2n) is 4.70. The predicted octanol–water partition coefficient (Wildman–Crippen LogP) is 3.79. The van der Waals surface area contributed by atoms with E-state index in [9.17, 15) is 4.79 Å². The van der Waals surface area contributed by atoms with Gasteiger partial charge in [0.05, 0.1) is 12.2 Å². The molecule has 2 aromatic carbocycles. The summed E-state index contributed by atoms with van der Waals surface area (Å²) in [6.45, 7) is 3.35. The standard InChI is InChI=1S/C17H19NO3/c1-2-11-21-14-9-7-13(8-10-14)12-18-16-6-4-3-5-15(16)17(19)20/h3-10,18H,2,11-12H2,1H3,(H,19,20). The van der Waals surface area contributed by atoms with Gasteiger partial charge in [0.25, 0.3) is 0 Å². The number of hydrogen-bond acceptors (Lipinski definition) is 3. The molecule has 0 bridgehead atoms. The fourth-order valence-electron chi connectivity index (χ4n) is 1.94. The molecule has 0 radical (unpaired) electrons. The van der Waals surface area contributed by atoms with Crippen molar-refractivity contribution in [2.75, 3.05) is 11.9 Å². The number of ether oxygens (including phenoxy) is 1. The van der Waals surface area contributed by atoms with Crippen molar-refractivity contribution in [3.63, 3.8) is 0 Å². The largest absolute Gasteiger partial charge is 0.494 e. The first kappa shape index (κ1) is 14.9. The van der Waals surface area contributed by atoms with Gasteiger partial charge in [-0.05, 0) is 36.2 Å². The molecule has 0 aliphatic rings. The summed E-state index contributed by atoms with van der Waals surface area (Å²) < 4.78 is 5.53. The lowest BCUT2D eigenvalue weighted by atomic mass is 10.1. The van der Waals surface area contributed by atoms with E-state index >= 15 is 0 Å². The van der Waals surface area contributed by atoms with Crippen LogP contribution in [-0.2, 0) is 6.54 Å². The zero-order valence-corrected chi connectivity index (χ0v) is 12.0. The normalized spacial score (nSPS) is 10.1. The van der Waals surface area contributed by atoms with Crippen molar-refractivity contribution < 1.29 is 14.6 Å². The van der Waals surface area contributed by atoms with Crippen LogP contribution in [0.3, 0.4) is 0 Å². The maximum Gasteiger partial charge on any atom is 0.337 e. The third kappa shape index (κ3) is 4.24. The first-order valence-corrected chi connectivity index (χ1v) is 6.98. The molecule has 0 aromatic heterocycles. The fraction of sp³-hybridized carbons (Fsp3) is 0.235. The van der Waals surface area contributed by atoms with Gasteiger partial charge in [0.2, 0.25) is 0 Å². The number of benzene rings is 2. The third-order valence-corrected chi connectivity index (χ3v) is 3.04. The number of para-hydroxylation sites is 1. The second kappa shape index (κ2) is 7.33. The average Bonchev–Trinajstić information content (AvgIpc) is 2.52. The van der Waals surface area contributed by atoms with Crippen molar-refractivity contribution in [2.24, 2.45) is 0 Å². The Morgan fingerprint density at radius 3 is 2.52 bits per heavy atom. The van der Waals surface area contributed by atoms with Crippen molar-refractivity contribution in [3.05, 3.63) is 59.7 Å². The van der Waals surface area contributed by atoms with Gasteiger partial charge in [-0.25, -0.2) is 4.79 Å². The van der Waals surface area contributed by atoms with Crippen molar-refractivity contribution in [1.82, 2.24) is 0 Å². The highest BCUT2D eigenvalue weighted by Gasteiger charge is 2.08. The first-order valence-electron chi connectivity index (χ1n) is 6.98. The molecule has 0 heterocycles. The van der Waals surface area contributed by atoms with Crippen LogP contribution in [0.4, 0.5) is 5.69 Å². The molecule has 0 fully saturated rings. The Morgan fingerprint density at radius 1 is 1.14 bits per heavy atom. The Hall–Kier alpha value is -2.49. The molecular formula is C17H19NO3. The van der Waals surface area contributed by atoms with E-state index in [0.717, 1.165) is 17.7 Å². The Bertz CT molecular complexity index is 593. The number of aromatic carboxylic acids is 1. The number of carbonyl (C=O) groups is 1. The number of carboxylic acid groups (broad SMARTS) is 1. The molecule has 0 saturated heterocycles. The molecule has 4 heteroatoms. The van der Waals surface area contributed by atoms with Gasteiger partial charge >= 0.3 is 5.97 Å².